The van der Waals surface area contributed by atoms with Gasteiger partial charge in [0.1, 0.15) is 31.0 Å². The van der Waals surface area contributed by atoms with Gasteiger partial charge in [0.15, 0.2) is 17.9 Å². The van der Waals surface area contributed by atoms with Gasteiger partial charge in [-0.3, -0.25) is 0 Å². The van der Waals surface area contributed by atoms with Gasteiger partial charge in [0.2, 0.25) is 0 Å². The van der Waals surface area contributed by atoms with Crippen molar-refractivity contribution < 1.29 is 28.4 Å². The van der Waals surface area contributed by atoms with E-state index in [1.807, 2.05) is 34.6 Å². The molecule has 0 bridgehead atoms. The van der Waals surface area contributed by atoms with Crippen LogP contribution in [0.1, 0.15) is 41.0 Å². The van der Waals surface area contributed by atoms with Crippen molar-refractivity contribution >= 4 is 0 Å². The van der Waals surface area contributed by atoms with Gasteiger partial charge in [-0.2, -0.15) is 0 Å². The molecular formula is C16H26O6. The first-order valence-electron chi connectivity index (χ1n) is 7.88. The van der Waals surface area contributed by atoms with Gasteiger partial charge in [-0.25, -0.2) is 0 Å². The van der Waals surface area contributed by atoms with E-state index in [-0.39, 0.29) is 24.4 Å². The zero-order valence-electron chi connectivity index (χ0n) is 14.0. The maximum atomic E-state index is 6.04. The van der Waals surface area contributed by atoms with Gasteiger partial charge >= 0.3 is 0 Å². The molecule has 0 aliphatic carbocycles. The van der Waals surface area contributed by atoms with Crippen LogP contribution in [-0.2, 0) is 28.4 Å². The second-order valence-electron chi connectivity index (χ2n) is 6.91. The minimum atomic E-state index is -0.696. The predicted octanol–water partition coefficient (Wildman–Crippen LogP) is 2.32. The van der Waals surface area contributed by atoms with E-state index in [0.717, 1.165) is 12.2 Å². The molecule has 0 aromatic carbocycles. The highest BCUT2D eigenvalue weighted by atomic mass is 16.9. The summed E-state index contributed by atoms with van der Waals surface area (Å²) in [5.41, 5.74) is 0. The van der Waals surface area contributed by atoms with Crippen LogP contribution in [0.25, 0.3) is 0 Å². The third kappa shape index (κ3) is 3.03. The van der Waals surface area contributed by atoms with E-state index < -0.39 is 17.9 Å². The third-order valence-corrected chi connectivity index (χ3v) is 4.10. The van der Waals surface area contributed by atoms with E-state index in [1.165, 1.54) is 0 Å². The summed E-state index contributed by atoms with van der Waals surface area (Å²) in [5.74, 6) is -0.646. The molecule has 0 aromatic rings. The van der Waals surface area contributed by atoms with Gasteiger partial charge in [0.25, 0.3) is 0 Å². The van der Waals surface area contributed by atoms with Crippen molar-refractivity contribution in [1.29, 1.82) is 0 Å². The molecule has 0 aromatic heterocycles. The van der Waals surface area contributed by atoms with E-state index in [2.05, 4.69) is 6.58 Å². The molecule has 0 N–H and O–H groups in total. The Hall–Kier alpha value is -0.660. The van der Waals surface area contributed by atoms with Crippen LogP contribution in [0.5, 0.6) is 0 Å². The molecule has 3 rings (SSSR count). The molecule has 3 fully saturated rings. The molecule has 6 heteroatoms. The van der Waals surface area contributed by atoms with Crippen molar-refractivity contribution in [2.45, 2.75) is 83.3 Å². The smallest absolute Gasteiger partial charge is 0.190 e. The monoisotopic (exact) mass is 314 g/mol. The highest BCUT2D eigenvalue weighted by Gasteiger charge is 2.60. The summed E-state index contributed by atoms with van der Waals surface area (Å²) >= 11 is 0. The summed E-state index contributed by atoms with van der Waals surface area (Å²) in [6, 6.07) is 0. The van der Waals surface area contributed by atoms with Crippen LogP contribution in [0.3, 0.4) is 0 Å². The molecule has 22 heavy (non-hydrogen) atoms. The zero-order valence-corrected chi connectivity index (χ0v) is 14.0. The van der Waals surface area contributed by atoms with Crippen molar-refractivity contribution in [2.24, 2.45) is 0 Å². The number of allylic oxidation sites excluding steroid dienone is 1. The fourth-order valence-corrected chi connectivity index (χ4v) is 3.13. The van der Waals surface area contributed by atoms with E-state index >= 15 is 0 Å². The van der Waals surface area contributed by atoms with Crippen molar-refractivity contribution in [1.82, 2.24) is 0 Å². The van der Waals surface area contributed by atoms with E-state index in [9.17, 15) is 0 Å². The summed E-state index contributed by atoms with van der Waals surface area (Å²) in [6.07, 6.45) is -0.779. The standard InChI is InChI=1S/C16H26O6/c1-7-9(2)17-8-10-11-12(20-15(3,4)19-11)13-14(18-10)22-16(5,6)21-13/h10-14H,2,7-8H2,1,3-6H3/t10-,11+,12+,13?,14?/m1/s1. The van der Waals surface area contributed by atoms with E-state index in [4.69, 9.17) is 28.4 Å². The lowest BCUT2D eigenvalue weighted by molar-refractivity contribution is -0.241. The Balaban J connectivity index is 1.76. The van der Waals surface area contributed by atoms with Gasteiger partial charge in [-0.1, -0.05) is 13.5 Å². The van der Waals surface area contributed by atoms with Crippen molar-refractivity contribution in [3.8, 4) is 0 Å². The van der Waals surface area contributed by atoms with Crippen LogP contribution in [0, 0.1) is 0 Å². The summed E-state index contributed by atoms with van der Waals surface area (Å²) in [6.45, 7) is 13.7. The molecule has 0 radical (unpaired) electrons. The first-order chi connectivity index (χ1) is 10.2. The lowest BCUT2D eigenvalue weighted by Gasteiger charge is -2.37. The maximum absolute atomic E-state index is 6.04. The van der Waals surface area contributed by atoms with Crippen molar-refractivity contribution in [3.63, 3.8) is 0 Å². The van der Waals surface area contributed by atoms with Crippen LogP contribution < -0.4 is 0 Å². The number of fused-ring (bicyclic) bond motifs is 3. The molecule has 0 amide bonds. The quantitative estimate of drug-likeness (QED) is 0.742. The second kappa shape index (κ2) is 5.46. The lowest BCUT2D eigenvalue weighted by Crippen LogP contribution is -2.56. The molecule has 2 unspecified atom stereocenters. The van der Waals surface area contributed by atoms with Crippen molar-refractivity contribution in [2.75, 3.05) is 6.61 Å². The first-order valence-corrected chi connectivity index (χ1v) is 7.88. The molecule has 0 spiro atoms. The lowest BCUT2D eigenvalue weighted by atomic mass is 9.99. The Morgan fingerprint density at radius 1 is 0.955 bits per heavy atom. The SMILES string of the molecule is C=C(CC)OC[C@H]1OC2OC(C)(C)OC2[C@H]2OC(C)(C)O[C@H]21. The number of hydrogen-bond donors (Lipinski definition) is 0. The zero-order chi connectivity index (χ0) is 16.1. The second-order valence-corrected chi connectivity index (χ2v) is 6.91. The fourth-order valence-electron chi connectivity index (χ4n) is 3.13. The Morgan fingerprint density at radius 3 is 2.23 bits per heavy atom. The Bertz CT molecular complexity index is 446. The third-order valence-electron chi connectivity index (χ3n) is 4.10. The molecule has 3 aliphatic heterocycles. The minimum absolute atomic E-state index is 0.237. The van der Waals surface area contributed by atoms with Gasteiger partial charge in [0, 0.05) is 6.42 Å². The maximum Gasteiger partial charge on any atom is 0.190 e. The van der Waals surface area contributed by atoms with Gasteiger partial charge in [-0.15, -0.1) is 0 Å². The molecule has 6 nitrogen and oxygen atoms in total. The van der Waals surface area contributed by atoms with Crippen LogP contribution in [0.4, 0.5) is 0 Å². The average molecular weight is 314 g/mol. The van der Waals surface area contributed by atoms with E-state index in [0.29, 0.717) is 6.61 Å². The summed E-state index contributed by atoms with van der Waals surface area (Å²) in [4.78, 5) is 0. The van der Waals surface area contributed by atoms with Crippen LogP contribution in [-0.4, -0.2) is 48.9 Å². The van der Waals surface area contributed by atoms with Gasteiger partial charge in [0.05, 0.1) is 5.76 Å². The molecule has 0 saturated carbocycles. The number of hydrogen-bond acceptors (Lipinski definition) is 6. The Labute approximate surface area is 131 Å². The molecular weight excluding hydrogens is 288 g/mol. The number of rotatable bonds is 4. The van der Waals surface area contributed by atoms with E-state index in [1.54, 1.807) is 0 Å². The van der Waals surface area contributed by atoms with Gasteiger partial charge < -0.3 is 28.4 Å². The molecule has 5 atom stereocenters. The highest BCUT2D eigenvalue weighted by Crippen LogP contribution is 2.44. The molecule has 126 valence electrons. The summed E-state index contributed by atoms with van der Waals surface area (Å²) in [5, 5.41) is 0. The predicted molar refractivity (Wildman–Crippen MR) is 77.9 cm³/mol. The topological polar surface area (TPSA) is 55.4 Å². The van der Waals surface area contributed by atoms with Crippen molar-refractivity contribution in [3.05, 3.63) is 12.3 Å². The minimum Gasteiger partial charge on any atom is -0.496 e. The van der Waals surface area contributed by atoms with Crippen LogP contribution in [0.15, 0.2) is 12.3 Å². The van der Waals surface area contributed by atoms with Crippen LogP contribution >= 0.6 is 0 Å². The van der Waals surface area contributed by atoms with Gasteiger partial charge in [-0.05, 0) is 27.7 Å². The first kappa shape index (κ1) is 16.2. The Morgan fingerprint density at radius 2 is 1.55 bits per heavy atom. The highest BCUT2D eigenvalue weighted by molar-refractivity contribution is 5.00. The normalized spacial score (nSPS) is 41.8. The average Bonchev–Trinajstić information content (AvgIpc) is 2.89. The largest absolute Gasteiger partial charge is 0.496 e. The van der Waals surface area contributed by atoms with Crippen LogP contribution in [0.2, 0.25) is 0 Å². The fraction of sp³-hybridized carbons (Fsp3) is 0.875. The molecule has 3 saturated heterocycles. The number of ether oxygens (including phenoxy) is 6. The Kier molecular flexibility index (Phi) is 4.02. The molecule has 3 aliphatic rings. The molecule has 3 heterocycles. The summed E-state index contributed by atoms with van der Waals surface area (Å²) < 4.78 is 35.5. The summed E-state index contributed by atoms with van der Waals surface area (Å²) in [7, 11) is 0.